The van der Waals surface area contributed by atoms with Gasteiger partial charge in [0.2, 0.25) is 0 Å². The van der Waals surface area contributed by atoms with Crippen molar-refractivity contribution in [2.24, 2.45) is 16.7 Å². The number of hydrogen-bond donors (Lipinski definition) is 3. The minimum absolute atomic E-state index is 0.105. The number of benzene rings is 2. The summed E-state index contributed by atoms with van der Waals surface area (Å²) in [5, 5.41) is 6.25. The van der Waals surface area contributed by atoms with Crippen LogP contribution in [0.5, 0.6) is 5.75 Å². The predicted octanol–water partition coefficient (Wildman–Crippen LogP) is 1.52. The third-order valence-electron chi connectivity index (χ3n) is 3.18. The van der Waals surface area contributed by atoms with Gasteiger partial charge in [-0.2, -0.15) is 13.6 Å². The summed E-state index contributed by atoms with van der Waals surface area (Å²) in [4.78, 5) is 0. The third-order valence-corrected chi connectivity index (χ3v) is 3.61. The lowest BCUT2D eigenvalue weighted by Gasteiger charge is -2.17. The van der Waals surface area contributed by atoms with Crippen LogP contribution in [0.4, 0.5) is 5.69 Å². The molecule has 0 saturated carbocycles. The molecular weight excluding hydrogens is 328 g/mol. The van der Waals surface area contributed by atoms with Gasteiger partial charge in [0.1, 0.15) is 5.75 Å². The Labute approximate surface area is 141 Å². The van der Waals surface area contributed by atoms with Crippen molar-refractivity contribution in [1.29, 1.82) is 0 Å². The van der Waals surface area contributed by atoms with E-state index in [1.165, 1.54) is 17.1 Å². The molecule has 0 fully saturated rings. The Morgan fingerprint density at radius 1 is 1.08 bits per heavy atom. The number of aryl methyl sites for hydroxylation is 2. The molecule has 6 N–H and O–H groups in total. The van der Waals surface area contributed by atoms with E-state index in [2.05, 4.69) is 10.2 Å². The molecule has 0 amide bonds. The first kappa shape index (κ1) is 17.8. The average molecular weight is 348 g/mol. The number of rotatable bonds is 5. The summed E-state index contributed by atoms with van der Waals surface area (Å²) in [6.07, 6.45) is 1.59. The normalized spacial score (nSPS) is 12.1. The highest BCUT2D eigenvalue weighted by Gasteiger charge is 2.07. The zero-order valence-corrected chi connectivity index (χ0v) is 14.2. The van der Waals surface area contributed by atoms with Crippen molar-refractivity contribution >= 4 is 21.7 Å². The molecule has 0 aliphatic carbocycles. The summed E-state index contributed by atoms with van der Waals surface area (Å²) in [6, 6.07) is 12.1. The molecule has 8 heteroatoms. The first-order valence-electron chi connectivity index (χ1n) is 7.06. The molecular formula is C16H20N4O3S. The van der Waals surface area contributed by atoms with E-state index in [1.807, 2.05) is 26.0 Å². The van der Waals surface area contributed by atoms with Crippen LogP contribution in [-0.4, -0.2) is 8.42 Å². The molecule has 2 aromatic carbocycles. The SMILES string of the molecule is Cc1cc(C)cc(N(N)/C=C(\N)c2ccc(OS(N)(=O)=O)cc2)c1. The van der Waals surface area contributed by atoms with Gasteiger partial charge in [0.05, 0.1) is 11.4 Å². The maximum Gasteiger partial charge on any atom is 0.380 e. The van der Waals surface area contributed by atoms with Crippen molar-refractivity contribution in [2.45, 2.75) is 13.8 Å². The van der Waals surface area contributed by atoms with E-state index >= 15 is 0 Å². The number of nitrogens with two attached hydrogens (primary N) is 3. The van der Waals surface area contributed by atoms with Gasteiger partial charge in [-0.1, -0.05) is 6.07 Å². The highest BCUT2D eigenvalue weighted by atomic mass is 32.2. The van der Waals surface area contributed by atoms with Gasteiger partial charge in [-0.3, -0.25) is 5.01 Å². The Morgan fingerprint density at radius 2 is 1.62 bits per heavy atom. The molecule has 128 valence electrons. The minimum atomic E-state index is -4.05. The monoisotopic (exact) mass is 348 g/mol. The van der Waals surface area contributed by atoms with Crippen molar-refractivity contribution in [3.05, 3.63) is 65.4 Å². The Kier molecular flexibility index (Phi) is 5.13. The lowest BCUT2D eigenvalue weighted by Crippen LogP contribution is -2.25. The van der Waals surface area contributed by atoms with Gasteiger partial charge in [0, 0.05) is 6.20 Å². The van der Waals surface area contributed by atoms with Crippen molar-refractivity contribution in [3.63, 3.8) is 0 Å². The molecule has 2 aromatic rings. The van der Waals surface area contributed by atoms with Crippen LogP contribution in [0.25, 0.3) is 5.70 Å². The Hall–Kier alpha value is -2.55. The molecule has 0 bridgehead atoms. The van der Waals surface area contributed by atoms with Crippen molar-refractivity contribution < 1.29 is 12.6 Å². The summed E-state index contributed by atoms with van der Waals surface area (Å²) >= 11 is 0. The van der Waals surface area contributed by atoms with E-state index in [0.717, 1.165) is 16.8 Å². The number of anilines is 1. The molecule has 0 spiro atoms. The van der Waals surface area contributed by atoms with Crippen LogP contribution in [-0.2, 0) is 10.3 Å². The summed E-state index contributed by atoms with van der Waals surface area (Å²) in [6.45, 7) is 3.98. The van der Waals surface area contributed by atoms with Gasteiger partial charge in [-0.15, -0.1) is 0 Å². The van der Waals surface area contributed by atoms with Crippen LogP contribution in [0.3, 0.4) is 0 Å². The number of hydrogen-bond acceptors (Lipinski definition) is 6. The van der Waals surface area contributed by atoms with Crippen molar-refractivity contribution in [3.8, 4) is 5.75 Å². The number of nitrogens with zero attached hydrogens (tertiary/aromatic N) is 1. The highest BCUT2D eigenvalue weighted by molar-refractivity contribution is 7.84. The molecule has 0 radical (unpaired) electrons. The van der Waals surface area contributed by atoms with Crippen LogP contribution in [0, 0.1) is 13.8 Å². The van der Waals surface area contributed by atoms with Crippen molar-refractivity contribution in [1.82, 2.24) is 0 Å². The quantitative estimate of drug-likeness (QED) is 0.556. The van der Waals surface area contributed by atoms with Crippen molar-refractivity contribution in [2.75, 3.05) is 5.01 Å². The van der Waals surface area contributed by atoms with Crippen LogP contribution in [0.15, 0.2) is 48.7 Å². The van der Waals surface area contributed by atoms with E-state index in [9.17, 15) is 8.42 Å². The van der Waals surface area contributed by atoms with Gasteiger partial charge in [0.25, 0.3) is 0 Å². The maximum absolute atomic E-state index is 10.9. The lowest BCUT2D eigenvalue weighted by atomic mass is 10.1. The van der Waals surface area contributed by atoms with E-state index in [1.54, 1.807) is 18.3 Å². The molecule has 0 saturated heterocycles. The molecule has 0 aromatic heterocycles. The van der Waals surface area contributed by atoms with E-state index in [4.69, 9.17) is 16.7 Å². The molecule has 0 aliphatic rings. The molecule has 0 aliphatic heterocycles. The largest absolute Gasteiger partial charge is 0.397 e. The Morgan fingerprint density at radius 3 is 2.12 bits per heavy atom. The molecule has 2 rings (SSSR count). The lowest BCUT2D eigenvalue weighted by molar-refractivity contribution is 0.488. The molecule has 24 heavy (non-hydrogen) atoms. The second-order valence-electron chi connectivity index (χ2n) is 5.44. The van der Waals surface area contributed by atoms with Gasteiger partial charge in [-0.25, -0.2) is 5.84 Å². The summed E-state index contributed by atoms with van der Waals surface area (Å²) in [5.41, 5.74) is 10.1. The first-order chi connectivity index (χ1) is 11.1. The van der Waals surface area contributed by atoms with Gasteiger partial charge in [-0.05, 0) is 66.9 Å². The van der Waals surface area contributed by atoms with Gasteiger partial charge < -0.3 is 9.92 Å². The van der Waals surface area contributed by atoms with E-state index in [-0.39, 0.29) is 5.75 Å². The van der Waals surface area contributed by atoms with Crippen LogP contribution < -0.4 is 25.9 Å². The van der Waals surface area contributed by atoms with Gasteiger partial charge >= 0.3 is 10.3 Å². The molecule has 0 atom stereocenters. The summed E-state index contributed by atoms with van der Waals surface area (Å²) < 4.78 is 26.3. The fourth-order valence-corrected chi connectivity index (χ4v) is 2.62. The van der Waals surface area contributed by atoms with Crippen LogP contribution >= 0.6 is 0 Å². The Bertz CT molecular complexity index is 841. The third kappa shape index (κ3) is 4.98. The second kappa shape index (κ2) is 6.91. The topological polar surface area (TPSA) is 125 Å². The number of hydrazine groups is 1. The zero-order valence-electron chi connectivity index (χ0n) is 13.4. The zero-order chi connectivity index (χ0) is 17.9. The molecule has 7 nitrogen and oxygen atoms in total. The highest BCUT2D eigenvalue weighted by Crippen LogP contribution is 2.20. The smallest absolute Gasteiger partial charge is 0.380 e. The molecule has 0 unspecified atom stereocenters. The maximum atomic E-state index is 10.9. The summed E-state index contributed by atoms with van der Waals surface area (Å²) in [5.74, 6) is 6.15. The van der Waals surface area contributed by atoms with Crippen LogP contribution in [0.1, 0.15) is 16.7 Å². The molecule has 0 heterocycles. The predicted molar refractivity (Wildman–Crippen MR) is 94.9 cm³/mol. The Balaban J connectivity index is 2.20. The summed E-state index contributed by atoms with van der Waals surface area (Å²) in [7, 11) is -4.05. The standard InChI is InChI=1S/C16H20N4O3S/c1-11-7-12(2)9-14(8-11)20(18)10-16(17)13-3-5-15(6-4-13)23-24(19,21)22/h3-10H,17-18H2,1-2H3,(H2,19,21,22)/b16-10-. The average Bonchev–Trinajstić information content (AvgIpc) is 2.45. The van der Waals surface area contributed by atoms with Crippen LogP contribution in [0.2, 0.25) is 0 Å². The minimum Gasteiger partial charge on any atom is -0.397 e. The fraction of sp³-hybridized carbons (Fsp3) is 0.125. The van der Waals surface area contributed by atoms with Gasteiger partial charge in [0.15, 0.2) is 0 Å². The fourth-order valence-electron chi connectivity index (χ4n) is 2.24. The van der Waals surface area contributed by atoms with E-state index in [0.29, 0.717) is 11.3 Å². The van der Waals surface area contributed by atoms with E-state index < -0.39 is 10.3 Å². The second-order valence-corrected chi connectivity index (χ2v) is 6.59. The first-order valence-corrected chi connectivity index (χ1v) is 8.53.